The van der Waals surface area contributed by atoms with Crippen molar-refractivity contribution < 1.29 is 9.47 Å². The number of halogens is 1. The number of nitrogens with zero attached hydrogens (tertiary/aromatic N) is 3. The highest BCUT2D eigenvalue weighted by molar-refractivity contribution is 14.0. The third kappa shape index (κ3) is 5.98. The number of ether oxygens (including phenoxy) is 2. The van der Waals surface area contributed by atoms with Crippen molar-refractivity contribution in [3.63, 3.8) is 0 Å². The molecule has 3 fully saturated rings. The van der Waals surface area contributed by atoms with E-state index in [1.165, 1.54) is 37.7 Å². The Hall–Kier alpha value is -1.06. The summed E-state index contributed by atoms with van der Waals surface area (Å²) in [5.41, 5.74) is 1.21. The Morgan fingerprint density at radius 2 is 1.90 bits per heavy atom. The third-order valence-corrected chi connectivity index (χ3v) is 6.24. The maximum Gasteiger partial charge on any atom is 0.193 e. The first-order valence-electron chi connectivity index (χ1n) is 10.9. The Morgan fingerprint density at radius 3 is 2.66 bits per heavy atom. The number of guanidine groups is 1. The van der Waals surface area contributed by atoms with Gasteiger partial charge in [-0.3, -0.25) is 9.89 Å². The summed E-state index contributed by atoms with van der Waals surface area (Å²) in [5, 5.41) is 3.57. The summed E-state index contributed by atoms with van der Waals surface area (Å²) in [6.45, 7) is 6.67. The molecule has 1 aromatic carbocycles. The molecule has 0 amide bonds. The lowest BCUT2D eigenvalue weighted by atomic mass is 10.2. The van der Waals surface area contributed by atoms with Gasteiger partial charge in [-0.25, -0.2) is 0 Å². The van der Waals surface area contributed by atoms with Gasteiger partial charge < -0.3 is 19.7 Å². The van der Waals surface area contributed by atoms with Crippen LogP contribution >= 0.6 is 24.0 Å². The zero-order valence-electron chi connectivity index (χ0n) is 17.5. The second kappa shape index (κ2) is 11.4. The lowest BCUT2D eigenvalue weighted by molar-refractivity contribution is 0.0195. The highest BCUT2D eigenvalue weighted by Gasteiger charge is 2.30. The van der Waals surface area contributed by atoms with Crippen LogP contribution in [0, 0.1) is 0 Å². The average molecular weight is 514 g/mol. The van der Waals surface area contributed by atoms with Crippen LogP contribution in [0.4, 0.5) is 0 Å². The van der Waals surface area contributed by atoms with Crippen LogP contribution in [0.25, 0.3) is 0 Å². The SMILES string of the molecule is CN=C(NCc1ccccc1OC1CCCC1)N1CCC(N2CCOCC2)C1.I. The van der Waals surface area contributed by atoms with Crippen LogP contribution in [0.1, 0.15) is 37.7 Å². The van der Waals surface area contributed by atoms with E-state index in [1.54, 1.807) is 0 Å². The average Bonchev–Trinajstić information content (AvgIpc) is 3.43. The molecule has 6 nitrogen and oxygen atoms in total. The first-order chi connectivity index (χ1) is 13.8. The molecule has 1 saturated carbocycles. The number of hydrogen-bond acceptors (Lipinski definition) is 4. The number of morpholine rings is 1. The lowest BCUT2D eigenvalue weighted by Crippen LogP contribution is -2.46. The van der Waals surface area contributed by atoms with Gasteiger partial charge in [0.2, 0.25) is 0 Å². The normalized spacial score (nSPS) is 23.8. The molecule has 3 aliphatic rings. The molecule has 1 N–H and O–H groups in total. The monoisotopic (exact) mass is 514 g/mol. The molecule has 0 aromatic heterocycles. The number of benzene rings is 1. The van der Waals surface area contributed by atoms with Crippen molar-refractivity contribution in [1.29, 1.82) is 0 Å². The van der Waals surface area contributed by atoms with Crippen molar-refractivity contribution in [3.05, 3.63) is 29.8 Å². The standard InChI is InChI=1S/C22H34N4O2.HI/c1-23-22(26-11-10-19(17-26)25-12-14-27-15-13-25)24-16-18-6-2-5-9-21(18)28-20-7-3-4-8-20;/h2,5-6,9,19-20H,3-4,7-8,10-17H2,1H3,(H,23,24);1H. The second-order valence-corrected chi connectivity index (χ2v) is 8.07. The van der Waals surface area contributed by atoms with Gasteiger partial charge in [0, 0.05) is 51.4 Å². The quantitative estimate of drug-likeness (QED) is 0.372. The van der Waals surface area contributed by atoms with Gasteiger partial charge in [-0.1, -0.05) is 18.2 Å². The number of hydrogen-bond donors (Lipinski definition) is 1. The molecule has 0 spiro atoms. The lowest BCUT2D eigenvalue weighted by Gasteiger charge is -2.32. The minimum Gasteiger partial charge on any atom is -0.490 e. The molecule has 0 bridgehead atoms. The Bertz CT molecular complexity index is 660. The molecule has 7 heteroatoms. The fraction of sp³-hybridized carbons (Fsp3) is 0.682. The van der Waals surface area contributed by atoms with E-state index in [9.17, 15) is 0 Å². The van der Waals surface area contributed by atoms with Crippen LogP contribution < -0.4 is 10.1 Å². The summed E-state index contributed by atoms with van der Waals surface area (Å²) in [5.74, 6) is 2.01. The first kappa shape index (κ1) is 22.6. The van der Waals surface area contributed by atoms with Gasteiger partial charge in [0.1, 0.15) is 5.75 Å². The molecule has 2 aliphatic heterocycles. The first-order valence-corrected chi connectivity index (χ1v) is 10.9. The molecular weight excluding hydrogens is 479 g/mol. The van der Waals surface area contributed by atoms with E-state index in [1.807, 2.05) is 7.05 Å². The van der Waals surface area contributed by atoms with E-state index in [0.29, 0.717) is 12.1 Å². The van der Waals surface area contributed by atoms with Crippen molar-refractivity contribution in [3.8, 4) is 5.75 Å². The maximum atomic E-state index is 6.28. The summed E-state index contributed by atoms with van der Waals surface area (Å²) < 4.78 is 11.8. The van der Waals surface area contributed by atoms with Crippen molar-refractivity contribution in [2.45, 2.75) is 50.8 Å². The van der Waals surface area contributed by atoms with E-state index in [-0.39, 0.29) is 24.0 Å². The van der Waals surface area contributed by atoms with Gasteiger partial charge in [-0.2, -0.15) is 0 Å². The van der Waals surface area contributed by atoms with Crippen molar-refractivity contribution in [1.82, 2.24) is 15.1 Å². The van der Waals surface area contributed by atoms with Gasteiger partial charge in [0.15, 0.2) is 5.96 Å². The largest absolute Gasteiger partial charge is 0.490 e. The molecular formula is C22H35IN4O2. The van der Waals surface area contributed by atoms with Crippen molar-refractivity contribution >= 4 is 29.9 Å². The van der Waals surface area contributed by atoms with Crippen molar-refractivity contribution in [2.75, 3.05) is 46.4 Å². The van der Waals surface area contributed by atoms with Gasteiger partial charge >= 0.3 is 0 Å². The van der Waals surface area contributed by atoms with Crippen LogP contribution in [0.15, 0.2) is 29.3 Å². The summed E-state index contributed by atoms with van der Waals surface area (Å²) in [7, 11) is 1.88. The zero-order valence-corrected chi connectivity index (χ0v) is 19.8. The Balaban J connectivity index is 0.00000240. The molecule has 2 saturated heterocycles. The number of aliphatic imine (C=N–C) groups is 1. The van der Waals surface area contributed by atoms with Gasteiger partial charge in [0.25, 0.3) is 0 Å². The van der Waals surface area contributed by atoms with Crippen LogP contribution in [-0.2, 0) is 11.3 Å². The fourth-order valence-electron chi connectivity index (χ4n) is 4.63. The van der Waals surface area contributed by atoms with Crippen LogP contribution in [0.3, 0.4) is 0 Å². The summed E-state index contributed by atoms with van der Waals surface area (Å²) in [6, 6.07) is 9.02. The number of rotatable bonds is 5. The highest BCUT2D eigenvalue weighted by atomic mass is 127. The minimum absolute atomic E-state index is 0. The van der Waals surface area contributed by atoms with Gasteiger partial charge in [0.05, 0.1) is 19.3 Å². The Kier molecular flexibility index (Phi) is 8.86. The minimum atomic E-state index is 0. The zero-order chi connectivity index (χ0) is 19.2. The maximum absolute atomic E-state index is 6.28. The second-order valence-electron chi connectivity index (χ2n) is 8.07. The molecule has 1 aromatic rings. The molecule has 2 heterocycles. The summed E-state index contributed by atoms with van der Waals surface area (Å²) in [4.78, 5) is 9.51. The molecule has 162 valence electrons. The van der Waals surface area contributed by atoms with E-state index in [0.717, 1.165) is 57.6 Å². The smallest absolute Gasteiger partial charge is 0.193 e. The topological polar surface area (TPSA) is 49.3 Å². The molecule has 4 rings (SSSR count). The summed E-state index contributed by atoms with van der Waals surface area (Å²) in [6.07, 6.45) is 6.52. The molecule has 1 atom stereocenters. The highest BCUT2D eigenvalue weighted by Crippen LogP contribution is 2.26. The van der Waals surface area contributed by atoms with Crippen LogP contribution in [-0.4, -0.2) is 74.3 Å². The van der Waals surface area contributed by atoms with Crippen molar-refractivity contribution in [2.24, 2.45) is 4.99 Å². The summed E-state index contributed by atoms with van der Waals surface area (Å²) >= 11 is 0. The van der Waals surface area contributed by atoms with E-state index in [2.05, 4.69) is 44.4 Å². The van der Waals surface area contributed by atoms with E-state index >= 15 is 0 Å². The van der Waals surface area contributed by atoms with Gasteiger partial charge in [-0.15, -0.1) is 24.0 Å². The number of para-hydroxylation sites is 1. The molecule has 1 aliphatic carbocycles. The predicted molar refractivity (Wildman–Crippen MR) is 127 cm³/mol. The molecule has 0 radical (unpaired) electrons. The molecule has 1 unspecified atom stereocenters. The third-order valence-electron chi connectivity index (χ3n) is 6.24. The molecule has 29 heavy (non-hydrogen) atoms. The predicted octanol–water partition coefficient (Wildman–Crippen LogP) is 3.11. The Labute approximate surface area is 192 Å². The fourth-order valence-corrected chi connectivity index (χ4v) is 4.63. The Morgan fingerprint density at radius 1 is 1.14 bits per heavy atom. The number of nitrogens with one attached hydrogen (secondary N) is 1. The van der Waals surface area contributed by atoms with Gasteiger partial charge in [-0.05, 0) is 38.2 Å². The number of likely N-dealkylation sites (tertiary alicyclic amines) is 1. The van der Waals surface area contributed by atoms with Crippen LogP contribution in [0.5, 0.6) is 5.75 Å². The van der Waals surface area contributed by atoms with E-state index in [4.69, 9.17) is 9.47 Å². The van der Waals surface area contributed by atoms with Crippen LogP contribution in [0.2, 0.25) is 0 Å². The van der Waals surface area contributed by atoms with E-state index < -0.39 is 0 Å².